The molecule has 2 N–H and O–H groups in total. The molecule has 9 heteroatoms. The zero-order chi connectivity index (χ0) is 37.9. The molecule has 3 aromatic rings. The first-order chi connectivity index (χ1) is 26.1. The highest BCUT2D eigenvalue weighted by molar-refractivity contribution is 6.30. The van der Waals surface area contributed by atoms with E-state index in [4.69, 9.17) is 25.8 Å². The summed E-state index contributed by atoms with van der Waals surface area (Å²) in [4.78, 5) is 20.3. The van der Waals surface area contributed by atoms with Crippen LogP contribution in [0.5, 0.6) is 17.2 Å². The van der Waals surface area contributed by atoms with Crippen LogP contribution in [0.1, 0.15) is 114 Å². The lowest BCUT2D eigenvalue weighted by atomic mass is 9.59. The highest BCUT2D eigenvalue weighted by Crippen LogP contribution is 2.58. The van der Waals surface area contributed by atoms with Crippen LogP contribution in [0.3, 0.4) is 0 Å². The number of halogens is 1. The molecule has 0 bridgehead atoms. The van der Waals surface area contributed by atoms with E-state index in [9.17, 15) is 9.90 Å². The summed E-state index contributed by atoms with van der Waals surface area (Å²) in [5, 5.41) is 14.7. The number of pyridine rings is 1. The Balaban J connectivity index is 1.13. The van der Waals surface area contributed by atoms with E-state index < -0.39 is 11.5 Å². The third-order valence-corrected chi connectivity index (χ3v) is 13.1. The second-order valence-electron chi connectivity index (χ2n) is 16.9. The van der Waals surface area contributed by atoms with Crippen molar-refractivity contribution in [1.29, 1.82) is 0 Å². The van der Waals surface area contributed by atoms with Gasteiger partial charge in [-0.15, -0.1) is 0 Å². The van der Waals surface area contributed by atoms with E-state index in [1.165, 1.54) is 35.2 Å². The predicted molar refractivity (Wildman–Crippen MR) is 216 cm³/mol. The van der Waals surface area contributed by atoms with Gasteiger partial charge in [0.05, 0.1) is 19.8 Å². The molecule has 4 aliphatic rings. The van der Waals surface area contributed by atoms with E-state index in [2.05, 4.69) is 55.0 Å². The fourth-order valence-electron chi connectivity index (χ4n) is 10.2. The van der Waals surface area contributed by atoms with Gasteiger partial charge in [0.1, 0.15) is 11.3 Å². The fraction of sp³-hybridized carbons (Fsp3) is 0.600. The quantitative estimate of drug-likeness (QED) is 0.168. The number of hydrogen-bond acceptors (Lipinski definition) is 7. The van der Waals surface area contributed by atoms with Gasteiger partial charge in [0.15, 0.2) is 11.5 Å². The Labute approximate surface area is 327 Å². The van der Waals surface area contributed by atoms with Crippen LogP contribution in [0.15, 0.2) is 48.7 Å². The van der Waals surface area contributed by atoms with Gasteiger partial charge in [-0.1, -0.05) is 45.4 Å². The number of rotatable bonds is 14. The van der Waals surface area contributed by atoms with Gasteiger partial charge in [0.25, 0.3) is 0 Å². The number of ether oxygens (including phenoxy) is 3. The van der Waals surface area contributed by atoms with Crippen LogP contribution in [0.25, 0.3) is 0 Å². The SMILES string of the molecule is CCCN(CCC)CC1COc2cc3c(cc2OC1)C1(CCC(Nc2cccc(Cl)c2)(C(=O)O)CC1)C(C[C@@H](C)COc1ccnc2c1[C@H](C)CCC2)C3. The van der Waals surface area contributed by atoms with Gasteiger partial charge in [-0.3, -0.25) is 4.98 Å². The lowest BCUT2D eigenvalue weighted by Gasteiger charge is -2.47. The first-order valence-corrected chi connectivity index (χ1v) is 21.0. The topological polar surface area (TPSA) is 93.2 Å². The first-order valence-electron chi connectivity index (χ1n) is 20.7. The van der Waals surface area contributed by atoms with Crippen LogP contribution in [-0.4, -0.2) is 66.0 Å². The molecule has 7 rings (SSSR count). The van der Waals surface area contributed by atoms with Crippen molar-refractivity contribution in [3.63, 3.8) is 0 Å². The number of anilines is 1. The highest BCUT2D eigenvalue weighted by Gasteiger charge is 2.54. The van der Waals surface area contributed by atoms with E-state index in [0.717, 1.165) is 87.5 Å². The molecule has 2 heterocycles. The Hall–Kier alpha value is -3.49. The van der Waals surface area contributed by atoms with Crippen molar-refractivity contribution in [1.82, 2.24) is 9.88 Å². The molecule has 3 aliphatic carbocycles. The van der Waals surface area contributed by atoms with Gasteiger partial charge >= 0.3 is 5.97 Å². The van der Waals surface area contributed by atoms with Gasteiger partial charge in [-0.05, 0) is 154 Å². The fourth-order valence-corrected chi connectivity index (χ4v) is 10.4. The molecule has 1 aromatic heterocycles. The highest BCUT2D eigenvalue weighted by atomic mass is 35.5. The largest absolute Gasteiger partial charge is 0.493 e. The number of fused-ring (bicyclic) bond motifs is 4. The summed E-state index contributed by atoms with van der Waals surface area (Å²) in [5.41, 5.74) is 4.60. The summed E-state index contributed by atoms with van der Waals surface area (Å²) < 4.78 is 19.8. The minimum atomic E-state index is -1.07. The third kappa shape index (κ3) is 8.07. The number of aliphatic carboxylic acids is 1. The third-order valence-electron chi connectivity index (χ3n) is 12.9. The number of nitrogens with zero attached hydrogens (tertiary/aromatic N) is 2. The average Bonchev–Trinajstić information content (AvgIpc) is 3.28. The number of aromatic nitrogens is 1. The van der Waals surface area contributed by atoms with Crippen LogP contribution in [0, 0.1) is 17.8 Å². The monoisotopic (exact) mass is 757 g/mol. The molecule has 1 saturated carbocycles. The maximum atomic E-state index is 13.1. The molecule has 2 unspecified atom stereocenters. The van der Waals surface area contributed by atoms with E-state index in [-0.39, 0.29) is 5.41 Å². The number of aryl methyl sites for hydroxylation is 1. The molecule has 0 amide bonds. The molecular weight excluding hydrogens is 698 g/mol. The number of benzene rings is 2. The Kier molecular flexibility index (Phi) is 12.0. The van der Waals surface area contributed by atoms with Crippen LogP contribution < -0.4 is 19.5 Å². The van der Waals surface area contributed by atoms with Crippen LogP contribution >= 0.6 is 11.6 Å². The van der Waals surface area contributed by atoms with Gasteiger partial charge in [0, 0.05) is 40.6 Å². The molecule has 4 atom stereocenters. The number of nitrogens with one attached hydrogen (secondary N) is 1. The van der Waals surface area contributed by atoms with E-state index in [1.807, 2.05) is 36.5 Å². The Morgan fingerprint density at radius 2 is 1.81 bits per heavy atom. The Morgan fingerprint density at radius 1 is 1.07 bits per heavy atom. The minimum Gasteiger partial charge on any atom is -0.493 e. The second-order valence-corrected chi connectivity index (χ2v) is 17.4. The number of carbonyl (C=O) groups is 1. The van der Waals surface area contributed by atoms with Crippen molar-refractivity contribution in [3.8, 4) is 17.2 Å². The summed E-state index contributed by atoms with van der Waals surface area (Å²) in [7, 11) is 0. The van der Waals surface area contributed by atoms with Crippen LogP contribution in [0.2, 0.25) is 5.02 Å². The molecule has 2 aromatic carbocycles. The normalized spacial score (nSPS) is 26.5. The number of carboxylic acid groups (broad SMARTS) is 1. The van der Waals surface area contributed by atoms with Crippen molar-refractivity contribution in [2.75, 3.05) is 44.8 Å². The lowest BCUT2D eigenvalue weighted by Crippen LogP contribution is -2.53. The van der Waals surface area contributed by atoms with Crippen molar-refractivity contribution in [3.05, 3.63) is 76.1 Å². The molecule has 1 aliphatic heterocycles. The average molecular weight is 758 g/mol. The Morgan fingerprint density at radius 3 is 2.52 bits per heavy atom. The number of carboxylic acids is 1. The van der Waals surface area contributed by atoms with Gasteiger partial charge < -0.3 is 29.5 Å². The zero-order valence-electron chi connectivity index (χ0n) is 32.8. The molecule has 1 fully saturated rings. The second kappa shape index (κ2) is 16.7. The molecule has 0 radical (unpaired) electrons. The van der Waals surface area contributed by atoms with Gasteiger partial charge in [-0.2, -0.15) is 0 Å². The number of hydrogen-bond donors (Lipinski definition) is 2. The summed E-state index contributed by atoms with van der Waals surface area (Å²) in [6.07, 6.45) is 12.0. The molecular formula is C45H60ClN3O5. The van der Waals surface area contributed by atoms with Crippen molar-refractivity contribution in [2.24, 2.45) is 17.8 Å². The molecule has 1 spiro atoms. The lowest BCUT2D eigenvalue weighted by molar-refractivity contribution is -0.144. The smallest absolute Gasteiger partial charge is 0.329 e. The van der Waals surface area contributed by atoms with E-state index in [0.29, 0.717) is 61.4 Å². The van der Waals surface area contributed by atoms with Crippen LogP contribution in [-0.2, 0) is 23.1 Å². The van der Waals surface area contributed by atoms with E-state index in [1.54, 1.807) is 0 Å². The van der Waals surface area contributed by atoms with Crippen molar-refractivity contribution >= 4 is 23.3 Å². The molecule has 8 nitrogen and oxygen atoms in total. The predicted octanol–water partition coefficient (Wildman–Crippen LogP) is 9.71. The zero-order valence-corrected chi connectivity index (χ0v) is 33.6. The van der Waals surface area contributed by atoms with Crippen molar-refractivity contribution in [2.45, 2.75) is 115 Å². The summed E-state index contributed by atoms with van der Waals surface area (Å²) in [6, 6.07) is 14.0. The molecule has 0 saturated heterocycles. The van der Waals surface area contributed by atoms with Crippen LogP contribution in [0.4, 0.5) is 5.69 Å². The minimum absolute atomic E-state index is 0.175. The van der Waals surface area contributed by atoms with Gasteiger partial charge in [-0.25, -0.2) is 4.79 Å². The first kappa shape index (κ1) is 38.8. The Bertz CT molecular complexity index is 1770. The summed E-state index contributed by atoms with van der Waals surface area (Å²) in [6.45, 7) is 14.1. The van der Waals surface area contributed by atoms with E-state index >= 15 is 0 Å². The summed E-state index contributed by atoms with van der Waals surface area (Å²) in [5.74, 6) is 3.25. The molecule has 292 valence electrons. The standard InChI is InChI=1S/C45H60ClN3O5/c1-5-19-49(20-6-2)26-32-28-53-40-23-33-22-34(21-30(3)27-52-39-13-18-47-38-12-7-9-31(4)42(38)39)44(37(33)25-41(40)54-29-32)14-16-45(17-15-44,43(50)51)48-36-11-8-10-35(46)24-36/h8,10-11,13,18,23-25,30-32,34,48H,5-7,9,12,14-17,19-22,26-29H2,1-4H3,(H,50,51)/t30-,31-,32?,34?,44?,45?/m1/s1. The maximum absolute atomic E-state index is 13.1. The summed E-state index contributed by atoms with van der Waals surface area (Å²) >= 11 is 6.32. The molecule has 54 heavy (non-hydrogen) atoms. The maximum Gasteiger partial charge on any atom is 0.329 e. The van der Waals surface area contributed by atoms with Crippen molar-refractivity contribution < 1.29 is 24.1 Å². The van der Waals surface area contributed by atoms with Gasteiger partial charge in [0.2, 0.25) is 0 Å².